The van der Waals surface area contributed by atoms with Gasteiger partial charge in [0, 0.05) is 24.7 Å². The van der Waals surface area contributed by atoms with E-state index in [4.69, 9.17) is 0 Å². The van der Waals surface area contributed by atoms with Gasteiger partial charge in [-0.1, -0.05) is 6.92 Å². The van der Waals surface area contributed by atoms with Crippen LogP contribution in [0.1, 0.15) is 25.5 Å². The van der Waals surface area contributed by atoms with E-state index in [0.29, 0.717) is 18.6 Å². The normalized spacial score (nSPS) is 9.91. The third-order valence-corrected chi connectivity index (χ3v) is 1.73. The maximum absolute atomic E-state index is 10.9. The van der Waals surface area contributed by atoms with Gasteiger partial charge in [-0.05, 0) is 18.6 Å². The van der Waals surface area contributed by atoms with Crippen LogP contribution in [-0.4, -0.2) is 10.8 Å². The van der Waals surface area contributed by atoms with E-state index >= 15 is 0 Å². The van der Waals surface area contributed by atoms with Crippen molar-refractivity contribution >= 4 is 5.78 Å². The summed E-state index contributed by atoms with van der Waals surface area (Å²) in [5, 5.41) is 0. The zero-order chi connectivity index (χ0) is 8.10. The molecule has 0 aliphatic carbocycles. The Hall–Kier alpha value is -1.05. The van der Waals surface area contributed by atoms with Crippen LogP contribution in [0, 0.1) is 0 Å². The van der Waals surface area contributed by atoms with Crippen LogP contribution in [0.3, 0.4) is 0 Å². The molecule has 0 amide bonds. The highest BCUT2D eigenvalue weighted by molar-refractivity contribution is 5.78. The van der Waals surface area contributed by atoms with Crippen LogP contribution in [0.4, 0.5) is 0 Å². The summed E-state index contributed by atoms with van der Waals surface area (Å²) in [6.07, 6.45) is 4.04. The number of aryl methyl sites for hydroxylation is 1. The van der Waals surface area contributed by atoms with E-state index in [1.807, 2.05) is 25.3 Å². The number of hydrogen-bond acceptors (Lipinski definition) is 1. The number of aromatic nitrogens is 1. The molecule has 0 saturated carbocycles. The zero-order valence-electron chi connectivity index (χ0n) is 6.76. The maximum Gasteiger partial charge on any atom is 0.133 e. The van der Waals surface area contributed by atoms with Gasteiger partial charge in [-0.2, -0.15) is 0 Å². The minimum Gasteiger partial charge on any atom is -0.365 e. The Kier molecular flexibility index (Phi) is 2.90. The van der Waals surface area contributed by atoms with Crippen LogP contribution in [0.5, 0.6) is 0 Å². The van der Waals surface area contributed by atoms with Crippen molar-refractivity contribution in [2.24, 2.45) is 0 Å². The van der Waals surface area contributed by atoms with Gasteiger partial charge in [-0.3, -0.25) is 4.79 Å². The highest BCUT2D eigenvalue weighted by atomic mass is 16.1. The summed E-state index contributed by atoms with van der Waals surface area (Å²) in [7, 11) is 0. The second-order valence-electron chi connectivity index (χ2n) is 2.59. The average Bonchev–Trinajstić information content (AvgIpc) is 2.52. The quantitative estimate of drug-likeness (QED) is 0.700. The van der Waals surface area contributed by atoms with E-state index in [1.54, 1.807) is 0 Å². The van der Waals surface area contributed by atoms with Gasteiger partial charge in [0.1, 0.15) is 5.78 Å². The summed E-state index contributed by atoms with van der Waals surface area (Å²) in [6.45, 7) is 1.90. The van der Waals surface area contributed by atoms with E-state index in [2.05, 4.69) is 4.98 Å². The number of hydrogen-bond donors (Lipinski definition) is 1. The molecular formula is C9H13NO. The molecule has 11 heavy (non-hydrogen) atoms. The van der Waals surface area contributed by atoms with Crippen LogP contribution >= 0.6 is 0 Å². The van der Waals surface area contributed by atoms with Gasteiger partial charge in [0.25, 0.3) is 0 Å². The van der Waals surface area contributed by atoms with E-state index in [0.717, 1.165) is 12.1 Å². The number of Topliss-reactive ketones (excluding diaryl/α,β-unsaturated/α-hetero) is 1. The molecule has 0 aromatic carbocycles. The minimum atomic E-state index is 0.333. The lowest BCUT2D eigenvalue weighted by Gasteiger charge is -1.94. The number of aromatic amines is 1. The topological polar surface area (TPSA) is 32.9 Å². The molecule has 1 aromatic rings. The van der Waals surface area contributed by atoms with Crippen LogP contribution in [0.2, 0.25) is 0 Å². The Bertz CT molecular complexity index is 213. The molecule has 0 bridgehead atoms. The van der Waals surface area contributed by atoms with Gasteiger partial charge in [0.05, 0.1) is 0 Å². The summed E-state index contributed by atoms with van der Waals surface area (Å²) in [6, 6.07) is 3.95. The van der Waals surface area contributed by atoms with Crippen molar-refractivity contribution in [1.29, 1.82) is 0 Å². The number of carbonyl (C=O) groups is 1. The Morgan fingerprint density at radius 2 is 2.45 bits per heavy atom. The molecular weight excluding hydrogens is 138 g/mol. The number of ketones is 1. The summed E-state index contributed by atoms with van der Waals surface area (Å²) in [5.41, 5.74) is 1.15. The Morgan fingerprint density at radius 1 is 1.64 bits per heavy atom. The van der Waals surface area contributed by atoms with Crippen molar-refractivity contribution in [2.75, 3.05) is 0 Å². The average molecular weight is 151 g/mol. The zero-order valence-corrected chi connectivity index (χ0v) is 6.76. The molecule has 1 aromatic heterocycles. The summed E-state index contributed by atoms with van der Waals surface area (Å²) in [4.78, 5) is 14.0. The molecule has 0 fully saturated rings. The van der Waals surface area contributed by atoms with Crippen molar-refractivity contribution in [3.63, 3.8) is 0 Å². The molecule has 0 spiro atoms. The summed E-state index contributed by atoms with van der Waals surface area (Å²) < 4.78 is 0. The summed E-state index contributed by atoms with van der Waals surface area (Å²) >= 11 is 0. The van der Waals surface area contributed by atoms with E-state index in [-0.39, 0.29) is 0 Å². The van der Waals surface area contributed by atoms with Crippen LogP contribution in [0.15, 0.2) is 18.3 Å². The van der Waals surface area contributed by atoms with Crippen molar-refractivity contribution < 1.29 is 4.79 Å². The number of rotatable bonds is 4. The SMILES string of the molecule is CCC(=O)CCc1ccc[nH]1. The maximum atomic E-state index is 10.9. The highest BCUT2D eigenvalue weighted by Crippen LogP contribution is 2.00. The Labute approximate surface area is 66.6 Å². The molecule has 60 valence electrons. The first-order valence-electron chi connectivity index (χ1n) is 3.97. The fraction of sp³-hybridized carbons (Fsp3) is 0.444. The predicted molar refractivity (Wildman–Crippen MR) is 44.4 cm³/mol. The molecule has 0 radical (unpaired) electrons. The van der Waals surface area contributed by atoms with E-state index < -0.39 is 0 Å². The fourth-order valence-electron chi connectivity index (χ4n) is 0.974. The Morgan fingerprint density at radius 3 is 3.00 bits per heavy atom. The van der Waals surface area contributed by atoms with Crippen LogP contribution in [-0.2, 0) is 11.2 Å². The molecule has 0 saturated heterocycles. The first-order valence-corrected chi connectivity index (χ1v) is 3.97. The number of carbonyl (C=O) groups excluding carboxylic acids is 1. The van der Waals surface area contributed by atoms with E-state index in [1.165, 1.54) is 0 Å². The fourth-order valence-corrected chi connectivity index (χ4v) is 0.974. The molecule has 1 N–H and O–H groups in total. The molecule has 1 rings (SSSR count). The van der Waals surface area contributed by atoms with Crippen molar-refractivity contribution in [3.8, 4) is 0 Å². The first-order chi connectivity index (χ1) is 5.33. The van der Waals surface area contributed by atoms with E-state index in [9.17, 15) is 4.79 Å². The van der Waals surface area contributed by atoms with Crippen molar-refractivity contribution in [1.82, 2.24) is 4.98 Å². The standard InChI is InChI=1S/C9H13NO/c1-2-9(11)6-5-8-4-3-7-10-8/h3-4,7,10H,2,5-6H2,1H3. The van der Waals surface area contributed by atoms with Gasteiger partial charge >= 0.3 is 0 Å². The smallest absolute Gasteiger partial charge is 0.133 e. The monoisotopic (exact) mass is 151 g/mol. The molecule has 0 atom stereocenters. The lowest BCUT2D eigenvalue weighted by atomic mass is 10.1. The van der Waals surface area contributed by atoms with Crippen LogP contribution in [0.25, 0.3) is 0 Å². The van der Waals surface area contributed by atoms with Gasteiger partial charge in [-0.25, -0.2) is 0 Å². The molecule has 2 nitrogen and oxygen atoms in total. The first kappa shape index (κ1) is 8.05. The lowest BCUT2D eigenvalue weighted by Crippen LogP contribution is -1.97. The second kappa shape index (κ2) is 3.96. The molecule has 1 heterocycles. The number of H-pyrrole nitrogens is 1. The molecule has 0 unspecified atom stereocenters. The van der Waals surface area contributed by atoms with Gasteiger partial charge < -0.3 is 4.98 Å². The third kappa shape index (κ3) is 2.58. The predicted octanol–water partition coefficient (Wildman–Crippen LogP) is 1.93. The van der Waals surface area contributed by atoms with Gasteiger partial charge in [0.2, 0.25) is 0 Å². The summed E-state index contributed by atoms with van der Waals surface area (Å²) in [5.74, 6) is 0.333. The minimum absolute atomic E-state index is 0.333. The molecule has 0 aliphatic rings. The van der Waals surface area contributed by atoms with Crippen molar-refractivity contribution in [2.45, 2.75) is 26.2 Å². The van der Waals surface area contributed by atoms with Gasteiger partial charge in [-0.15, -0.1) is 0 Å². The Balaban J connectivity index is 2.29. The largest absolute Gasteiger partial charge is 0.365 e. The van der Waals surface area contributed by atoms with Crippen molar-refractivity contribution in [3.05, 3.63) is 24.0 Å². The highest BCUT2D eigenvalue weighted by Gasteiger charge is 1.98. The van der Waals surface area contributed by atoms with Gasteiger partial charge in [0.15, 0.2) is 0 Å². The second-order valence-corrected chi connectivity index (χ2v) is 2.59. The third-order valence-electron chi connectivity index (χ3n) is 1.73. The molecule has 2 heteroatoms. The lowest BCUT2D eigenvalue weighted by molar-refractivity contribution is -0.118. The number of nitrogens with one attached hydrogen (secondary N) is 1. The van der Waals surface area contributed by atoms with Crippen LogP contribution < -0.4 is 0 Å². The molecule has 0 aliphatic heterocycles.